The molecular weight excluding hydrogens is 205 g/mol. The van der Waals surface area contributed by atoms with Crippen molar-refractivity contribution < 1.29 is 9.13 Å². The van der Waals surface area contributed by atoms with Crippen molar-refractivity contribution in [1.82, 2.24) is 0 Å². The van der Waals surface area contributed by atoms with Crippen LogP contribution in [0.3, 0.4) is 0 Å². The number of hydrogen-bond donors (Lipinski definition) is 1. The highest BCUT2D eigenvalue weighted by atomic mass is 19.1. The van der Waals surface area contributed by atoms with Gasteiger partial charge >= 0.3 is 0 Å². The van der Waals surface area contributed by atoms with E-state index in [-0.39, 0.29) is 11.9 Å². The van der Waals surface area contributed by atoms with Crippen LogP contribution in [0.2, 0.25) is 0 Å². The van der Waals surface area contributed by atoms with Crippen LogP contribution < -0.4 is 5.73 Å². The van der Waals surface area contributed by atoms with E-state index in [0.29, 0.717) is 0 Å². The molecule has 0 radical (unpaired) electrons. The monoisotopic (exact) mass is 225 g/mol. The fraction of sp³-hybridized carbons (Fsp3) is 0.538. The summed E-state index contributed by atoms with van der Waals surface area (Å²) in [7, 11) is 1.70. The Hall–Kier alpha value is -0.930. The van der Waals surface area contributed by atoms with Gasteiger partial charge in [0.05, 0.1) is 0 Å². The number of ether oxygens (including phenoxy) is 1. The first-order valence-corrected chi connectivity index (χ1v) is 5.71. The van der Waals surface area contributed by atoms with Crippen molar-refractivity contribution in [2.24, 2.45) is 5.73 Å². The summed E-state index contributed by atoms with van der Waals surface area (Å²) in [5.41, 5.74) is 6.95. The molecular formula is C13H20FNO. The Bertz CT molecular complexity index is 304. The van der Waals surface area contributed by atoms with Crippen molar-refractivity contribution in [3.8, 4) is 0 Å². The van der Waals surface area contributed by atoms with E-state index in [1.807, 2.05) is 6.07 Å². The molecule has 0 aromatic heterocycles. The molecule has 1 rings (SSSR count). The van der Waals surface area contributed by atoms with Gasteiger partial charge in [-0.15, -0.1) is 0 Å². The molecule has 0 bridgehead atoms. The summed E-state index contributed by atoms with van der Waals surface area (Å²) < 4.78 is 17.9. The van der Waals surface area contributed by atoms with Crippen molar-refractivity contribution in [2.45, 2.75) is 31.7 Å². The van der Waals surface area contributed by atoms with E-state index in [4.69, 9.17) is 10.5 Å². The normalized spacial score (nSPS) is 12.7. The van der Waals surface area contributed by atoms with Gasteiger partial charge in [-0.3, -0.25) is 0 Å². The maximum Gasteiger partial charge on any atom is 0.123 e. The summed E-state index contributed by atoms with van der Waals surface area (Å²) in [6.45, 7) is 0.784. The van der Waals surface area contributed by atoms with Gasteiger partial charge in [0.25, 0.3) is 0 Å². The summed E-state index contributed by atoms with van der Waals surface area (Å²) >= 11 is 0. The number of methoxy groups -OCH3 is 1. The molecule has 0 aliphatic heterocycles. The third-order valence-corrected chi connectivity index (χ3v) is 2.56. The van der Waals surface area contributed by atoms with Crippen molar-refractivity contribution in [2.75, 3.05) is 13.7 Å². The summed E-state index contributed by atoms with van der Waals surface area (Å²) in [6, 6.07) is 6.75. The lowest BCUT2D eigenvalue weighted by atomic mass is 10.0. The Balaban J connectivity index is 2.25. The van der Waals surface area contributed by atoms with Gasteiger partial charge in [0.2, 0.25) is 0 Å². The number of nitrogens with two attached hydrogens (primary N) is 1. The molecule has 1 aromatic rings. The van der Waals surface area contributed by atoms with Gasteiger partial charge in [-0.1, -0.05) is 12.1 Å². The third kappa shape index (κ3) is 5.24. The summed E-state index contributed by atoms with van der Waals surface area (Å²) in [5, 5.41) is 0. The smallest absolute Gasteiger partial charge is 0.123 e. The Morgan fingerprint density at radius 2 is 2.19 bits per heavy atom. The molecule has 0 fully saturated rings. The zero-order chi connectivity index (χ0) is 11.8. The molecule has 0 amide bonds. The zero-order valence-electron chi connectivity index (χ0n) is 9.79. The van der Waals surface area contributed by atoms with E-state index in [1.54, 1.807) is 19.2 Å². The first-order chi connectivity index (χ1) is 7.72. The highest BCUT2D eigenvalue weighted by Gasteiger charge is 2.04. The number of unbranched alkanes of at least 4 members (excludes halogenated alkanes) is 1. The molecule has 1 atom stereocenters. The number of rotatable bonds is 7. The van der Waals surface area contributed by atoms with Crippen molar-refractivity contribution >= 4 is 0 Å². The SMILES string of the molecule is COCCCCC(N)Cc1cccc(F)c1. The lowest BCUT2D eigenvalue weighted by Crippen LogP contribution is -2.22. The molecule has 90 valence electrons. The molecule has 0 aliphatic carbocycles. The van der Waals surface area contributed by atoms with Crippen LogP contribution in [-0.4, -0.2) is 19.8 Å². The number of hydrogen-bond acceptors (Lipinski definition) is 2. The standard InChI is InChI=1S/C13H20FNO/c1-16-8-3-2-7-13(15)10-11-5-4-6-12(14)9-11/h4-6,9,13H,2-3,7-8,10,15H2,1H3. The van der Waals surface area contributed by atoms with E-state index in [1.165, 1.54) is 6.07 Å². The minimum Gasteiger partial charge on any atom is -0.385 e. The van der Waals surface area contributed by atoms with Crippen molar-refractivity contribution in [3.63, 3.8) is 0 Å². The highest BCUT2D eigenvalue weighted by Crippen LogP contribution is 2.09. The molecule has 1 aromatic carbocycles. The van der Waals surface area contributed by atoms with Gasteiger partial charge in [0, 0.05) is 19.8 Å². The summed E-state index contributed by atoms with van der Waals surface area (Å²) in [5.74, 6) is -0.191. The van der Waals surface area contributed by atoms with Crippen LogP contribution in [0.5, 0.6) is 0 Å². The van der Waals surface area contributed by atoms with Crippen LogP contribution in [-0.2, 0) is 11.2 Å². The van der Waals surface area contributed by atoms with E-state index in [9.17, 15) is 4.39 Å². The molecule has 2 nitrogen and oxygen atoms in total. The summed E-state index contributed by atoms with van der Waals surface area (Å²) in [4.78, 5) is 0. The number of halogens is 1. The minimum atomic E-state index is -0.191. The van der Waals surface area contributed by atoms with E-state index < -0.39 is 0 Å². The zero-order valence-corrected chi connectivity index (χ0v) is 9.79. The summed E-state index contributed by atoms with van der Waals surface area (Å²) in [6.07, 6.45) is 3.79. The lowest BCUT2D eigenvalue weighted by molar-refractivity contribution is 0.191. The fourth-order valence-corrected chi connectivity index (χ4v) is 1.72. The third-order valence-electron chi connectivity index (χ3n) is 2.56. The van der Waals surface area contributed by atoms with Gasteiger partial charge in [-0.25, -0.2) is 4.39 Å². The van der Waals surface area contributed by atoms with Crippen LogP contribution in [0.1, 0.15) is 24.8 Å². The molecule has 0 spiro atoms. The van der Waals surface area contributed by atoms with Gasteiger partial charge in [-0.2, -0.15) is 0 Å². The lowest BCUT2D eigenvalue weighted by Gasteiger charge is -2.11. The van der Waals surface area contributed by atoms with Gasteiger partial charge in [0.1, 0.15) is 5.82 Å². The average molecular weight is 225 g/mol. The molecule has 16 heavy (non-hydrogen) atoms. The second-order valence-electron chi connectivity index (χ2n) is 4.08. The van der Waals surface area contributed by atoms with Crippen LogP contribution in [0.4, 0.5) is 4.39 Å². The van der Waals surface area contributed by atoms with Crippen molar-refractivity contribution in [1.29, 1.82) is 0 Å². The number of benzene rings is 1. The molecule has 0 saturated heterocycles. The maximum atomic E-state index is 12.9. The first kappa shape index (κ1) is 13.1. The predicted octanol–water partition coefficient (Wildman–Crippen LogP) is 2.51. The quantitative estimate of drug-likeness (QED) is 0.724. The van der Waals surface area contributed by atoms with E-state index in [2.05, 4.69) is 0 Å². The Labute approximate surface area is 96.6 Å². The predicted molar refractivity (Wildman–Crippen MR) is 63.8 cm³/mol. The van der Waals surface area contributed by atoms with Crippen molar-refractivity contribution in [3.05, 3.63) is 35.6 Å². The van der Waals surface area contributed by atoms with Gasteiger partial charge in [-0.05, 0) is 43.4 Å². The largest absolute Gasteiger partial charge is 0.385 e. The van der Waals surface area contributed by atoms with Gasteiger partial charge < -0.3 is 10.5 Å². The molecule has 0 heterocycles. The maximum absolute atomic E-state index is 12.9. The van der Waals surface area contributed by atoms with Crippen LogP contribution in [0.25, 0.3) is 0 Å². The van der Waals surface area contributed by atoms with Gasteiger partial charge in [0.15, 0.2) is 0 Å². The second kappa shape index (κ2) is 7.36. The average Bonchev–Trinajstić information content (AvgIpc) is 2.24. The Kier molecular flexibility index (Phi) is 6.04. The topological polar surface area (TPSA) is 35.2 Å². The first-order valence-electron chi connectivity index (χ1n) is 5.71. The van der Waals surface area contributed by atoms with Crippen LogP contribution in [0, 0.1) is 5.82 Å². The van der Waals surface area contributed by atoms with E-state index >= 15 is 0 Å². The molecule has 0 aliphatic rings. The second-order valence-corrected chi connectivity index (χ2v) is 4.08. The Morgan fingerprint density at radius 1 is 1.38 bits per heavy atom. The minimum absolute atomic E-state index is 0.110. The molecule has 1 unspecified atom stereocenters. The Morgan fingerprint density at radius 3 is 2.88 bits per heavy atom. The van der Waals surface area contributed by atoms with Crippen LogP contribution in [0.15, 0.2) is 24.3 Å². The molecule has 2 N–H and O–H groups in total. The fourth-order valence-electron chi connectivity index (χ4n) is 1.72. The molecule has 3 heteroatoms. The van der Waals surface area contributed by atoms with Crippen LogP contribution >= 0.6 is 0 Å². The highest BCUT2D eigenvalue weighted by molar-refractivity contribution is 5.17. The van der Waals surface area contributed by atoms with E-state index in [0.717, 1.165) is 37.9 Å². The molecule has 0 saturated carbocycles.